The van der Waals surface area contributed by atoms with Crippen molar-refractivity contribution in [2.45, 2.75) is 24.9 Å². The molecule has 2 unspecified atom stereocenters. The van der Waals surface area contributed by atoms with E-state index in [-0.39, 0.29) is 6.61 Å². The van der Waals surface area contributed by atoms with Gasteiger partial charge < -0.3 is 9.84 Å². The summed E-state index contributed by atoms with van der Waals surface area (Å²) < 4.78 is 4.99. The second-order valence-electron chi connectivity index (χ2n) is 4.64. The summed E-state index contributed by atoms with van der Waals surface area (Å²) in [6, 6.07) is 0.0835. The molecule has 92 valence electrons. The molecule has 2 aliphatic heterocycles. The first-order valence-corrected chi connectivity index (χ1v) is 5.92. The number of hydrogen-bond donors (Lipinski definition) is 1. The first-order valence-electron chi connectivity index (χ1n) is 5.92. The number of carboxylic acids is 1. The Kier molecular flexibility index (Phi) is 3.78. The molecule has 0 bridgehead atoms. The Morgan fingerprint density at radius 2 is 2.31 bits per heavy atom. The zero-order chi connectivity index (χ0) is 11.5. The highest BCUT2D eigenvalue weighted by molar-refractivity contribution is 5.73. The Labute approximate surface area is 96.0 Å². The number of aliphatic carboxylic acids is 1. The lowest BCUT2D eigenvalue weighted by Gasteiger charge is -2.39. The van der Waals surface area contributed by atoms with Gasteiger partial charge in [0.25, 0.3) is 0 Å². The molecule has 2 fully saturated rings. The highest BCUT2D eigenvalue weighted by Gasteiger charge is 2.35. The van der Waals surface area contributed by atoms with Crippen molar-refractivity contribution >= 4 is 5.97 Å². The van der Waals surface area contributed by atoms with E-state index >= 15 is 0 Å². The molecule has 0 amide bonds. The van der Waals surface area contributed by atoms with Gasteiger partial charge in [0.15, 0.2) is 0 Å². The quantitative estimate of drug-likeness (QED) is 0.726. The van der Waals surface area contributed by atoms with E-state index in [0.717, 1.165) is 19.6 Å². The molecule has 16 heavy (non-hydrogen) atoms. The molecule has 0 aromatic heterocycles. The average Bonchev–Trinajstić information content (AvgIpc) is 2.72. The van der Waals surface area contributed by atoms with Gasteiger partial charge >= 0.3 is 5.97 Å². The Hall–Kier alpha value is -0.650. The van der Waals surface area contributed by atoms with E-state index < -0.39 is 12.0 Å². The Morgan fingerprint density at radius 1 is 1.50 bits per heavy atom. The minimum Gasteiger partial charge on any atom is -0.480 e. The second kappa shape index (κ2) is 5.12. The van der Waals surface area contributed by atoms with Crippen molar-refractivity contribution in [3.63, 3.8) is 0 Å². The fraction of sp³-hybridized carbons (Fsp3) is 0.909. The SMILES string of the molecule is COCC(C(=O)O)N1CCN2CCCC2C1. The van der Waals surface area contributed by atoms with Crippen molar-refractivity contribution in [1.82, 2.24) is 9.80 Å². The molecule has 2 aliphatic rings. The predicted octanol–water partition coefficient (Wildman–Crippen LogP) is -0.134. The second-order valence-corrected chi connectivity index (χ2v) is 4.64. The van der Waals surface area contributed by atoms with Crippen molar-refractivity contribution in [2.75, 3.05) is 39.9 Å². The van der Waals surface area contributed by atoms with E-state index in [2.05, 4.69) is 9.80 Å². The van der Waals surface area contributed by atoms with Crippen molar-refractivity contribution in [3.8, 4) is 0 Å². The van der Waals surface area contributed by atoms with Crippen LogP contribution in [0.1, 0.15) is 12.8 Å². The van der Waals surface area contributed by atoms with Crippen LogP contribution in [0.15, 0.2) is 0 Å². The van der Waals surface area contributed by atoms with Gasteiger partial charge in [-0.3, -0.25) is 14.6 Å². The van der Waals surface area contributed by atoms with Crippen LogP contribution in [-0.2, 0) is 9.53 Å². The van der Waals surface area contributed by atoms with Gasteiger partial charge in [0, 0.05) is 32.8 Å². The van der Waals surface area contributed by atoms with Crippen molar-refractivity contribution in [3.05, 3.63) is 0 Å². The van der Waals surface area contributed by atoms with E-state index in [1.165, 1.54) is 19.4 Å². The fourth-order valence-electron chi connectivity index (χ4n) is 2.79. The van der Waals surface area contributed by atoms with Crippen molar-refractivity contribution < 1.29 is 14.6 Å². The third-order valence-electron chi connectivity index (χ3n) is 3.67. The number of carbonyl (C=O) groups is 1. The van der Waals surface area contributed by atoms with E-state index in [9.17, 15) is 4.79 Å². The topological polar surface area (TPSA) is 53.0 Å². The summed E-state index contributed by atoms with van der Waals surface area (Å²) in [4.78, 5) is 15.7. The Bertz CT molecular complexity index is 260. The summed E-state index contributed by atoms with van der Waals surface area (Å²) in [5.74, 6) is -0.770. The Morgan fingerprint density at radius 3 is 3.00 bits per heavy atom. The van der Waals surface area contributed by atoms with Crippen LogP contribution in [0.25, 0.3) is 0 Å². The zero-order valence-electron chi connectivity index (χ0n) is 9.76. The molecule has 5 nitrogen and oxygen atoms in total. The van der Waals surface area contributed by atoms with Gasteiger partial charge in [0.05, 0.1) is 6.61 Å². The molecule has 0 aromatic rings. The number of ether oxygens (including phenoxy) is 1. The molecule has 2 saturated heterocycles. The van der Waals surface area contributed by atoms with Crippen LogP contribution in [0.4, 0.5) is 0 Å². The molecule has 2 atom stereocenters. The van der Waals surface area contributed by atoms with Crippen molar-refractivity contribution in [2.24, 2.45) is 0 Å². The van der Waals surface area contributed by atoms with Gasteiger partial charge in [0.1, 0.15) is 6.04 Å². The molecular weight excluding hydrogens is 208 g/mol. The van der Waals surface area contributed by atoms with Gasteiger partial charge in [-0.2, -0.15) is 0 Å². The van der Waals surface area contributed by atoms with Gasteiger partial charge in [-0.15, -0.1) is 0 Å². The number of piperazine rings is 1. The standard InChI is InChI=1S/C11H20N2O3/c1-16-8-10(11(14)15)13-6-5-12-4-2-3-9(12)7-13/h9-10H,2-8H2,1H3,(H,14,15). The van der Waals surface area contributed by atoms with Crippen LogP contribution in [0.3, 0.4) is 0 Å². The molecule has 0 aromatic carbocycles. The van der Waals surface area contributed by atoms with Gasteiger partial charge in [-0.05, 0) is 19.4 Å². The predicted molar refractivity (Wildman–Crippen MR) is 59.5 cm³/mol. The van der Waals surface area contributed by atoms with Crippen LogP contribution in [0.2, 0.25) is 0 Å². The van der Waals surface area contributed by atoms with E-state index in [1.807, 2.05) is 0 Å². The summed E-state index contributed by atoms with van der Waals surface area (Å²) in [5.41, 5.74) is 0. The third-order valence-corrected chi connectivity index (χ3v) is 3.67. The van der Waals surface area contributed by atoms with Crippen LogP contribution in [-0.4, -0.2) is 72.9 Å². The average molecular weight is 228 g/mol. The number of fused-ring (bicyclic) bond motifs is 1. The van der Waals surface area contributed by atoms with E-state index in [0.29, 0.717) is 6.04 Å². The number of carboxylic acid groups (broad SMARTS) is 1. The molecule has 1 N–H and O–H groups in total. The monoisotopic (exact) mass is 228 g/mol. The molecule has 0 radical (unpaired) electrons. The molecule has 0 spiro atoms. The highest BCUT2D eigenvalue weighted by Crippen LogP contribution is 2.22. The number of methoxy groups -OCH3 is 1. The van der Waals surface area contributed by atoms with Crippen molar-refractivity contribution in [1.29, 1.82) is 0 Å². The summed E-state index contributed by atoms with van der Waals surface area (Å²) in [6.07, 6.45) is 2.45. The van der Waals surface area contributed by atoms with Crippen LogP contribution < -0.4 is 0 Å². The van der Waals surface area contributed by atoms with Crippen LogP contribution in [0.5, 0.6) is 0 Å². The smallest absolute Gasteiger partial charge is 0.323 e. The maximum Gasteiger partial charge on any atom is 0.323 e. The zero-order valence-corrected chi connectivity index (χ0v) is 9.76. The van der Waals surface area contributed by atoms with Gasteiger partial charge in [-0.25, -0.2) is 0 Å². The molecule has 2 rings (SSSR count). The lowest BCUT2D eigenvalue weighted by atomic mass is 10.1. The maximum absolute atomic E-state index is 11.1. The molecule has 2 heterocycles. The van der Waals surface area contributed by atoms with Crippen LogP contribution >= 0.6 is 0 Å². The number of nitrogens with zero attached hydrogens (tertiary/aromatic N) is 2. The van der Waals surface area contributed by atoms with Gasteiger partial charge in [0.2, 0.25) is 0 Å². The summed E-state index contributed by atoms with van der Waals surface area (Å²) in [7, 11) is 1.56. The van der Waals surface area contributed by atoms with E-state index in [1.54, 1.807) is 7.11 Å². The highest BCUT2D eigenvalue weighted by atomic mass is 16.5. The lowest BCUT2D eigenvalue weighted by molar-refractivity contribution is -0.146. The molecular formula is C11H20N2O3. The Balaban J connectivity index is 1.95. The molecule has 0 aliphatic carbocycles. The number of rotatable bonds is 4. The maximum atomic E-state index is 11.1. The summed E-state index contributed by atoms with van der Waals surface area (Å²) in [6.45, 7) is 4.18. The first-order chi connectivity index (χ1) is 7.72. The van der Waals surface area contributed by atoms with Gasteiger partial charge in [-0.1, -0.05) is 0 Å². The third kappa shape index (κ3) is 2.36. The number of hydrogen-bond acceptors (Lipinski definition) is 4. The molecule has 0 saturated carbocycles. The normalized spacial score (nSPS) is 28.9. The largest absolute Gasteiger partial charge is 0.480 e. The fourth-order valence-corrected chi connectivity index (χ4v) is 2.79. The first kappa shape index (κ1) is 11.8. The molecule has 5 heteroatoms. The summed E-state index contributed by atoms with van der Waals surface area (Å²) in [5, 5.41) is 9.16. The minimum absolute atomic E-state index is 0.280. The lowest BCUT2D eigenvalue weighted by Crippen LogP contribution is -2.56. The summed E-state index contributed by atoms with van der Waals surface area (Å²) >= 11 is 0. The van der Waals surface area contributed by atoms with E-state index in [4.69, 9.17) is 9.84 Å². The minimum atomic E-state index is -0.770. The van der Waals surface area contributed by atoms with Crippen LogP contribution in [0, 0.1) is 0 Å².